The number of imidazole rings is 1. The van der Waals surface area contributed by atoms with Crippen molar-refractivity contribution >= 4 is 45.0 Å². The van der Waals surface area contributed by atoms with Crippen molar-refractivity contribution < 1.29 is 30.9 Å². The Morgan fingerprint density at radius 1 is 0.811 bits per heavy atom. The summed E-state index contributed by atoms with van der Waals surface area (Å²) in [4.78, 5) is 10.3. The van der Waals surface area contributed by atoms with Gasteiger partial charge in [-0.15, -0.1) is 29.0 Å². The van der Waals surface area contributed by atoms with Crippen LogP contribution < -0.4 is 9.24 Å². The van der Waals surface area contributed by atoms with E-state index in [4.69, 9.17) is 14.7 Å². The van der Waals surface area contributed by atoms with Crippen molar-refractivity contribution in [1.29, 1.82) is 0 Å². The van der Waals surface area contributed by atoms with E-state index in [1.54, 1.807) is 6.07 Å². The number of ether oxygens (including phenoxy) is 1. The number of hydrogen-bond donors (Lipinski definition) is 1. The summed E-state index contributed by atoms with van der Waals surface area (Å²) in [6.45, 7) is 13.6. The molecule has 9 rings (SSSR count). The van der Waals surface area contributed by atoms with E-state index in [2.05, 4.69) is 142 Å². The van der Waals surface area contributed by atoms with Crippen LogP contribution in [0.4, 0.5) is 0 Å². The van der Waals surface area contributed by atoms with E-state index in [0.717, 1.165) is 72.7 Å². The summed E-state index contributed by atoms with van der Waals surface area (Å²) in [6, 6.07) is 41.0. The van der Waals surface area contributed by atoms with Gasteiger partial charge in [0.1, 0.15) is 17.3 Å². The normalized spacial score (nSPS) is 12.4. The number of fused-ring (bicyclic) bond motifs is 3. The van der Waals surface area contributed by atoms with E-state index in [9.17, 15) is 5.11 Å². The Morgan fingerprint density at radius 2 is 1.57 bits per heavy atom. The Bertz CT molecular complexity index is 2700. The number of phenolic OH excluding ortho intramolecular Hbond substituents is 1. The molecule has 0 atom stereocenters. The van der Waals surface area contributed by atoms with Crippen LogP contribution in [0.1, 0.15) is 26.3 Å². The van der Waals surface area contributed by atoms with Crippen molar-refractivity contribution in [2.75, 3.05) is 0 Å². The van der Waals surface area contributed by atoms with Gasteiger partial charge in [0.25, 0.3) is 0 Å². The third kappa shape index (κ3) is 5.86. The van der Waals surface area contributed by atoms with Gasteiger partial charge < -0.3 is 9.84 Å². The quantitative estimate of drug-likeness (QED) is 0.138. The van der Waals surface area contributed by atoms with E-state index in [-0.39, 0.29) is 32.2 Å². The summed E-state index contributed by atoms with van der Waals surface area (Å²) in [7, 11) is -1.66. The number of para-hydroxylation sites is 2. The van der Waals surface area contributed by atoms with Gasteiger partial charge in [-0.25, -0.2) is 4.98 Å². The molecule has 0 aliphatic carbocycles. The number of rotatable bonds is 5. The monoisotopic (exact) mass is 907 g/mol. The summed E-state index contributed by atoms with van der Waals surface area (Å²) in [6.07, 6.45) is 1.90. The van der Waals surface area contributed by atoms with Crippen LogP contribution in [0.25, 0.3) is 71.7 Å². The fourth-order valence-corrected chi connectivity index (χ4v) is 10.5. The second kappa shape index (κ2) is 12.9. The molecule has 1 aliphatic rings. The van der Waals surface area contributed by atoms with Gasteiger partial charge in [0, 0.05) is 53.1 Å². The van der Waals surface area contributed by atoms with Crippen LogP contribution >= 0.6 is 11.3 Å². The minimum Gasteiger partial charge on any atom is -0.507 e. The van der Waals surface area contributed by atoms with Crippen molar-refractivity contribution in [3.8, 4) is 67.8 Å². The summed E-state index contributed by atoms with van der Waals surface area (Å²) >= 11 is 1.84. The van der Waals surface area contributed by atoms with E-state index in [1.807, 2.05) is 29.7 Å². The van der Waals surface area contributed by atoms with Gasteiger partial charge in [0.05, 0.1) is 36.1 Å². The third-order valence-electron chi connectivity index (χ3n) is 9.90. The number of nitrogens with zero attached hydrogens (tertiary/aromatic N) is 3. The van der Waals surface area contributed by atoms with Gasteiger partial charge in [0.2, 0.25) is 0 Å². The van der Waals surface area contributed by atoms with E-state index in [0.29, 0.717) is 11.4 Å². The van der Waals surface area contributed by atoms with Crippen molar-refractivity contribution in [3.05, 3.63) is 127 Å². The smallest absolute Gasteiger partial charge is 0.148 e. The second-order valence-corrected chi connectivity index (χ2v) is 22.0. The van der Waals surface area contributed by atoms with Gasteiger partial charge in [0.15, 0.2) is 0 Å². The molecule has 4 heterocycles. The molecular weight excluding hydrogens is 870 g/mol. The zero-order chi connectivity index (χ0) is 35.9. The number of pyridine rings is 1. The van der Waals surface area contributed by atoms with Gasteiger partial charge in [-0.2, -0.15) is 0 Å². The standard InChI is InChI=1S/C45H38N3O2SSi.Pt/c1-45(2,3)29-20-21-36(49)32(26-29)43-47-40-31(16-12-18-35(40)48(43)34-17-11-10-15-30(34)27-13-8-7-9-14-27)28-19-22-37-33(25-28)41-39-38(23-24-46-41)51-44(42(39)50-37)52(4,5)6;/h7-24,26,49H,1-6H3;/q-1;. The third-order valence-corrected chi connectivity index (χ3v) is 14.6. The maximum Gasteiger partial charge on any atom is 0.148 e. The van der Waals surface area contributed by atoms with Crippen LogP contribution in [0, 0.1) is 6.07 Å². The molecule has 0 amide bonds. The molecular formula is C45H38N3O2PtSSi-. The minimum atomic E-state index is -1.66. The predicted octanol–water partition coefficient (Wildman–Crippen LogP) is 11.8. The minimum absolute atomic E-state index is 0. The Hall–Kier alpha value is -4.81. The number of thiophene rings is 1. The van der Waals surface area contributed by atoms with Crippen LogP contribution in [0.2, 0.25) is 19.6 Å². The zero-order valence-corrected chi connectivity index (χ0v) is 34.5. The summed E-state index contributed by atoms with van der Waals surface area (Å²) in [5, 5.41) is 12.6. The topological polar surface area (TPSA) is 60.2 Å². The Balaban J connectivity index is 0.00000400. The molecule has 5 nitrogen and oxygen atoms in total. The summed E-state index contributed by atoms with van der Waals surface area (Å²) in [5.74, 6) is 2.59. The van der Waals surface area contributed by atoms with Crippen LogP contribution in [-0.2, 0) is 26.5 Å². The van der Waals surface area contributed by atoms with Gasteiger partial charge in [-0.1, -0.05) is 124 Å². The van der Waals surface area contributed by atoms with Crippen LogP contribution in [0.5, 0.6) is 17.2 Å². The number of phenols is 1. The van der Waals surface area contributed by atoms with E-state index < -0.39 is 8.07 Å². The molecule has 1 aliphatic heterocycles. The second-order valence-electron chi connectivity index (χ2n) is 15.6. The first-order valence-electron chi connectivity index (χ1n) is 17.6. The molecule has 266 valence electrons. The molecule has 0 fully saturated rings. The van der Waals surface area contributed by atoms with Crippen LogP contribution in [-0.4, -0.2) is 27.7 Å². The maximum atomic E-state index is 11.5. The Morgan fingerprint density at radius 3 is 2.34 bits per heavy atom. The molecule has 8 aromatic rings. The first kappa shape index (κ1) is 35.2. The molecule has 0 spiro atoms. The fourth-order valence-electron chi connectivity index (χ4n) is 7.26. The average molecular weight is 908 g/mol. The van der Waals surface area contributed by atoms with Crippen LogP contribution in [0.3, 0.4) is 0 Å². The molecule has 8 heteroatoms. The number of aromatic nitrogens is 3. The van der Waals surface area contributed by atoms with Crippen LogP contribution in [0.15, 0.2) is 115 Å². The molecule has 53 heavy (non-hydrogen) atoms. The van der Waals surface area contributed by atoms with Crippen molar-refractivity contribution in [3.63, 3.8) is 0 Å². The summed E-state index contributed by atoms with van der Waals surface area (Å²) < 4.78 is 11.4. The Kier molecular flexibility index (Phi) is 8.60. The predicted molar refractivity (Wildman–Crippen MR) is 218 cm³/mol. The molecule has 0 saturated heterocycles. The maximum absolute atomic E-state index is 11.5. The molecule has 3 aromatic heterocycles. The van der Waals surface area contributed by atoms with Crippen molar-refractivity contribution in [2.24, 2.45) is 0 Å². The largest absolute Gasteiger partial charge is 0.507 e. The number of aromatic hydroxyl groups is 1. The first-order valence-corrected chi connectivity index (χ1v) is 22.0. The van der Waals surface area contributed by atoms with E-state index in [1.165, 1.54) is 9.20 Å². The molecule has 0 radical (unpaired) electrons. The van der Waals surface area contributed by atoms with Crippen molar-refractivity contribution in [1.82, 2.24) is 14.5 Å². The molecule has 0 bridgehead atoms. The molecule has 5 aromatic carbocycles. The summed E-state index contributed by atoms with van der Waals surface area (Å²) in [5.41, 5.74) is 10.2. The molecule has 0 unspecified atom stereocenters. The van der Waals surface area contributed by atoms with Gasteiger partial charge in [-0.05, 0) is 46.9 Å². The first-order chi connectivity index (χ1) is 25.0. The number of hydrogen-bond acceptors (Lipinski definition) is 5. The molecule has 1 N–H and O–H groups in total. The van der Waals surface area contributed by atoms with Crippen molar-refractivity contribution in [2.45, 2.75) is 45.8 Å². The Labute approximate surface area is 329 Å². The van der Waals surface area contributed by atoms with E-state index >= 15 is 0 Å². The van der Waals surface area contributed by atoms with Gasteiger partial charge in [-0.3, -0.25) is 9.55 Å². The average Bonchev–Trinajstić information content (AvgIpc) is 3.71. The fraction of sp³-hybridized carbons (Fsp3) is 0.156. The zero-order valence-electron chi connectivity index (χ0n) is 30.4. The molecule has 0 saturated carbocycles. The number of benzene rings is 5. The van der Waals surface area contributed by atoms with Gasteiger partial charge >= 0.3 is 0 Å². The SMILES string of the molecule is CC(C)(C)c1ccc(O)c(-c2nc3c(-c4[c-]c5c(cc4)Oc4c([Si](C)(C)C)sc6ccnc-5c46)cccc3n2-c2ccccc2-c2ccccc2)c1.[Pt].